The highest BCUT2D eigenvalue weighted by Gasteiger charge is 2.11. The predicted octanol–water partition coefficient (Wildman–Crippen LogP) is 7.87. The van der Waals surface area contributed by atoms with Crippen LogP contribution in [0.3, 0.4) is 0 Å². The third kappa shape index (κ3) is 6.32. The maximum atomic E-state index is 11.8. The van der Waals surface area contributed by atoms with Crippen LogP contribution in [0, 0.1) is 0 Å². The molecule has 0 atom stereocenters. The van der Waals surface area contributed by atoms with Gasteiger partial charge in [0.05, 0.1) is 11.3 Å². The number of Topliss-reactive ketones (excluding diaryl/α,β-unsaturated/α-hetero) is 1. The lowest BCUT2D eigenvalue weighted by molar-refractivity contribution is 0.101. The van der Waals surface area contributed by atoms with E-state index in [1.54, 1.807) is 12.1 Å². The number of benzene rings is 3. The Balaban J connectivity index is 1.67. The summed E-state index contributed by atoms with van der Waals surface area (Å²) in [6.45, 7) is 12.7. The number of oxime groups is 1. The zero-order chi connectivity index (χ0) is 24.0. The highest BCUT2D eigenvalue weighted by Crippen LogP contribution is 2.27. The van der Waals surface area contributed by atoms with Crippen LogP contribution in [0.2, 0.25) is 0 Å². The molecular weight excluding hydrogens is 410 g/mol. The van der Waals surface area contributed by atoms with Gasteiger partial charge in [-0.25, -0.2) is 0 Å². The monoisotopic (exact) mass is 443 g/mol. The number of hydrogen-bond acceptors (Lipinski definition) is 4. The van der Waals surface area contributed by atoms with E-state index in [1.807, 2.05) is 43.3 Å². The molecule has 3 aromatic rings. The lowest BCUT2D eigenvalue weighted by Crippen LogP contribution is -2.02. The number of rotatable bonds is 9. The lowest BCUT2D eigenvalue weighted by Gasteiger charge is -2.16. The molecule has 3 aromatic carbocycles. The smallest absolute Gasteiger partial charge is 0.163 e. The fraction of sp³-hybridized carbons (Fsp3) is 0.310. The van der Waals surface area contributed by atoms with Gasteiger partial charge in [0.2, 0.25) is 0 Å². The van der Waals surface area contributed by atoms with E-state index >= 15 is 0 Å². The average molecular weight is 444 g/mol. The number of carbonyl (C=O) groups excluding carboxylic acids is 1. The van der Waals surface area contributed by atoms with Crippen molar-refractivity contribution in [3.8, 4) is 11.5 Å². The predicted molar refractivity (Wildman–Crippen MR) is 135 cm³/mol. The fourth-order valence-electron chi connectivity index (χ4n) is 3.63. The summed E-state index contributed by atoms with van der Waals surface area (Å²) in [5.41, 5.74) is 6.11. The molecule has 0 amide bonds. The lowest BCUT2D eigenvalue weighted by atomic mass is 9.92. The Hall–Kier alpha value is -3.40. The molecule has 3 rings (SSSR count). The molecule has 0 fully saturated rings. The summed E-state index contributed by atoms with van der Waals surface area (Å²) in [7, 11) is 0. The van der Waals surface area contributed by atoms with Crippen molar-refractivity contribution in [1.29, 1.82) is 0 Å². The first kappa shape index (κ1) is 24.2. The Kier molecular flexibility index (Phi) is 8.05. The van der Waals surface area contributed by atoms with Gasteiger partial charge in [0.15, 0.2) is 5.78 Å². The molecule has 0 unspecified atom stereocenters. The van der Waals surface area contributed by atoms with E-state index in [4.69, 9.17) is 9.57 Å². The van der Waals surface area contributed by atoms with Gasteiger partial charge in [-0.1, -0.05) is 63.2 Å². The van der Waals surface area contributed by atoms with E-state index in [0.29, 0.717) is 35.5 Å². The van der Waals surface area contributed by atoms with Gasteiger partial charge in [-0.05, 0) is 84.3 Å². The van der Waals surface area contributed by atoms with E-state index in [9.17, 15) is 4.79 Å². The van der Waals surface area contributed by atoms with E-state index in [0.717, 1.165) is 11.3 Å². The molecule has 0 saturated carbocycles. The standard InChI is InChI=1S/C29H33NO3/c1-19(2)24-11-12-25(28(17-24)20(3)4)18-32-30-21(5)23-13-15-26(16-14-23)33-29-10-8-7-9-27(29)22(6)31/h7-17,19-20H,18H2,1-6H3/b30-21+. The minimum Gasteiger partial charge on any atom is -0.457 e. The molecule has 172 valence electrons. The Bertz CT molecular complexity index is 1130. The van der Waals surface area contributed by atoms with E-state index in [-0.39, 0.29) is 5.78 Å². The average Bonchev–Trinajstić information content (AvgIpc) is 2.79. The van der Waals surface area contributed by atoms with E-state index in [1.165, 1.54) is 23.6 Å². The number of para-hydroxylation sites is 1. The molecule has 0 aliphatic heterocycles. The van der Waals surface area contributed by atoms with Gasteiger partial charge in [0, 0.05) is 0 Å². The summed E-state index contributed by atoms with van der Waals surface area (Å²) < 4.78 is 5.91. The summed E-state index contributed by atoms with van der Waals surface area (Å²) in [4.78, 5) is 17.5. The highest BCUT2D eigenvalue weighted by atomic mass is 16.6. The molecule has 4 heteroatoms. The quantitative estimate of drug-likeness (QED) is 0.192. The van der Waals surface area contributed by atoms with Crippen LogP contribution in [0.25, 0.3) is 0 Å². The zero-order valence-corrected chi connectivity index (χ0v) is 20.4. The van der Waals surface area contributed by atoms with Crippen molar-refractivity contribution in [3.05, 3.63) is 94.5 Å². The minimum absolute atomic E-state index is 0.0261. The van der Waals surface area contributed by atoms with Crippen LogP contribution < -0.4 is 4.74 Å². The van der Waals surface area contributed by atoms with Crippen molar-refractivity contribution in [3.63, 3.8) is 0 Å². The summed E-state index contributed by atoms with van der Waals surface area (Å²) in [6.07, 6.45) is 0. The molecule has 0 aliphatic rings. The summed E-state index contributed by atoms with van der Waals surface area (Å²) in [5.74, 6) is 2.11. The van der Waals surface area contributed by atoms with Gasteiger partial charge in [0.25, 0.3) is 0 Å². The first-order valence-electron chi connectivity index (χ1n) is 11.4. The summed E-state index contributed by atoms with van der Waals surface area (Å²) in [5, 5.41) is 4.33. The van der Waals surface area contributed by atoms with Gasteiger partial charge in [-0.2, -0.15) is 0 Å². The normalized spacial score (nSPS) is 11.7. The van der Waals surface area contributed by atoms with Crippen LogP contribution in [0.1, 0.15) is 86.0 Å². The number of hydrogen-bond donors (Lipinski definition) is 0. The zero-order valence-electron chi connectivity index (χ0n) is 20.4. The second-order valence-electron chi connectivity index (χ2n) is 8.90. The third-order valence-corrected chi connectivity index (χ3v) is 5.65. The molecule has 0 heterocycles. The molecule has 33 heavy (non-hydrogen) atoms. The van der Waals surface area contributed by atoms with Crippen molar-refractivity contribution >= 4 is 11.5 Å². The van der Waals surface area contributed by atoms with Gasteiger partial charge in [-0.15, -0.1) is 0 Å². The van der Waals surface area contributed by atoms with Crippen LogP contribution in [-0.2, 0) is 11.4 Å². The van der Waals surface area contributed by atoms with Crippen LogP contribution in [0.5, 0.6) is 11.5 Å². The SMILES string of the molecule is CC(=O)c1ccccc1Oc1ccc(/C(C)=N/OCc2ccc(C(C)C)cc2C(C)C)cc1. The second kappa shape index (κ2) is 11.0. The molecule has 0 radical (unpaired) electrons. The van der Waals surface area contributed by atoms with Gasteiger partial charge in [0.1, 0.15) is 18.1 Å². The number of ketones is 1. The van der Waals surface area contributed by atoms with Gasteiger partial charge < -0.3 is 9.57 Å². The molecular formula is C29H33NO3. The fourth-order valence-corrected chi connectivity index (χ4v) is 3.63. The first-order chi connectivity index (χ1) is 15.8. The van der Waals surface area contributed by atoms with Crippen LogP contribution in [0.15, 0.2) is 71.9 Å². The van der Waals surface area contributed by atoms with Gasteiger partial charge >= 0.3 is 0 Å². The van der Waals surface area contributed by atoms with Crippen molar-refractivity contribution in [2.45, 2.75) is 60.0 Å². The molecule has 0 saturated heterocycles. The maximum absolute atomic E-state index is 11.8. The Morgan fingerprint density at radius 3 is 2.21 bits per heavy atom. The largest absolute Gasteiger partial charge is 0.457 e. The molecule has 4 nitrogen and oxygen atoms in total. The summed E-state index contributed by atoms with van der Waals surface area (Å²) >= 11 is 0. The van der Waals surface area contributed by atoms with E-state index < -0.39 is 0 Å². The van der Waals surface area contributed by atoms with Crippen LogP contribution in [-0.4, -0.2) is 11.5 Å². The number of nitrogens with zero attached hydrogens (tertiary/aromatic N) is 1. The first-order valence-corrected chi connectivity index (χ1v) is 11.4. The highest BCUT2D eigenvalue weighted by molar-refractivity contribution is 5.98. The van der Waals surface area contributed by atoms with Crippen molar-refractivity contribution in [2.24, 2.45) is 5.16 Å². The number of carbonyl (C=O) groups is 1. The maximum Gasteiger partial charge on any atom is 0.163 e. The van der Waals surface area contributed by atoms with Crippen LogP contribution >= 0.6 is 0 Å². The van der Waals surface area contributed by atoms with Crippen molar-refractivity contribution in [2.75, 3.05) is 0 Å². The molecule has 0 N–H and O–H groups in total. The Labute approximate surface area is 197 Å². The molecule has 0 aromatic heterocycles. The number of ether oxygens (including phenoxy) is 1. The van der Waals surface area contributed by atoms with Crippen molar-refractivity contribution in [1.82, 2.24) is 0 Å². The Morgan fingerprint density at radius 2 is 1.58 bits per heavy atom. The third-order valence-electron chi connectivity index (χ3n) is 5.65. The second-order valence-corrected chi connectivity index (χ2v) is 8.90. The van der Waals surface area contributed by atoms with Crippen molar-refractivity contribution < 1.29 is 14.4 Å². The van der Waals surface area contributed by atoms with Crippen LogP contribution in [0.4, 0.5) is 0 Å². The molecule has 0 spiro atoms. The van der Waals surface area contributed by atoms with E-state index in [2.05, 4.69) is 51.0 Å². The van der Waals surface area contributed by atoms with Gasteiger partial charge in [-0.3, -0.25) is 4.79 Å². The topological polar surface area (TPSA) is 47.9 Å². The minimum atomic E-state index is -0.0261. The molecule has 0 aliphatic carbocycles. The summed E-state index contributed by atoms with van der Waals surface area (Å²) in [6, 6.07) is 21.5. The Morgan fingerprint density at radius 1 is 0.879 bits per heavy atom. The molecule has 0 bridgehead atoms.